The fourth-order valence-corrected chi connectivity index (χ4v) is 3.01. The number of benzene rings is 1. The zero-order chi connectivity index (χ0) is 15.9. The van der Waals surface area contributed by atoms with Gasteiger partial charge in [0, 0.05) is 19.8 Å². The SMILES string of the molecule is COP(=O)(OC)C(NCC(=O)c1ccccc1)C(=O)CO. The molecule has 1 aromatic rings. The first-order chi connectivity index (χ1) is 9.98. The van der Waals surface area contributed by atoms with E-state index in [1.165, 1.54) is 0 Å². The molecule has 7 nitrogen and oxygen atoms in total. The fraction of sp³-hybridized carbons (Fsp3) is 0.385. The molecule has 1 unspecified atom stereocenters. The number of ketones is 2. The van der Waals surface area contributed by atoms with Gasteiger partial charge >= 0.3 is 7.60 Å². The zero-order valence-corrected chi connectivity index (χ0v) is 12.7. The van der Waals surface area contributed by atoms with Gasteiger partial charge in [-0.3, -0.25) is 19.5 Å². The van der Waals surface area contributed by atoms with E-state index in [2.05, 4.69) is 5.32 Å². The van der Waals surface area contributed by atoms with Crippen LogP contribution < -0.4 is 5.32 Å². The van der Waals surface area contributed by atoms with Crippen LogP contribution in [0.4, 0.5) is 0 Å². The van der Waals surface area contributed by atoms with Crippen molar-refractivity contribution < 1.29 is 28.3 Å². The molecular formula is C13H18NO6P. The summed E-state index contributed by atoms with van der Waals surface area (Å²) in [6, 6.07) is 8.43. The van der Waals surface area contributed by atoms with Crippen LogP contribution in [0.1, 0.15) is 10.4 Å². The van der Waals surface area contributed by atoms with E-state index in [1.54, 1.807) is 30.3 Å². The molecule has 0 fully saturated rings. The third kappa shape index (κ3) is 4.56. The van der Waals surface area contributed by atoms with Crippen LogP contribution in [0.25, 0.3) is 0 Å². The largest absolute Gasteiger partial charge is 0.389 e. The molecule has 1 atom stereocenters. The van der Waals surface area contributed by atoms with Crippen molar-refractivity contribution in [2.45, 2.75) is 5.78 Å². The first-order valence-electron chi connectivity index (χ1n) is 6.15. The highest BCUT2D eigenvalue weighted by molar-refractivity contribution is 7.55. The summed E-state index contributed by atoms with van der Waals surface area (Å²) in [5.74, 6) is -2.46. The van der Waals surface area contributed by atoms with Gasteiger partial charge in [-0.1, -0.05) is 30.3 Å². The molecule has 21 heavy (non-hydrogen) atoms. The van der Waals surface area contributed by atoms with E-state index in [4.69, 9.17) is 14.2 Å². The van der Waals surface area contributed by atoms with Gasteiger partial charge in [-0.2, -0.15) is 0 Å². The molecule has 0 aliphatic carbocycles. The standard InChI is InChI=1S/C13H18NO6P/c1-19-21(18,20-2)13(12(17)9-15)14-8-11(16)10-6-4-3-5-7-10/h3-7,13-15H,8-9H2,1-2H3. The van der Waals surface area contributed by atoms with Gasteiger partial charge < -0.3 is 14.2 Å². The minimum Gasteiger partial charge on any atom is -0.389 e. The fourth-order valence-electron chi connectivity index (χ4n) is 1.69. The Hall–Kier alpha value is -1.37. The molecule has 0 saturated heterocycles. The Morgan fingerprint density at radius 1 is 1.24 bits per heavy atom. The number of nitrogens with one attached hydrogen (secondary N) is 1. The molecule has 116 valence electrons. The summed E-state index contributed by atoms with van der Waals surface area (Å²) in [7, 11) is -1.53. The maximum absolute atomic E-state index is 12.3. The van der Waals surface area contributed by atoms with Crippen LogP contribution in [0, 0.1) is 0 Å². The van der Waals surface area contributed by atoms with Crippen molar-refractivity contribution in [3.63, 3.8) is 0 Å². The van der Waals surface area contributed by atoms with E-state index in [0.29, 0.717) is 5.56 Å². The molecule has 0 saturated carbocycles. The quantitative estimate of drug-likeness (QED) is 0.514. The third-order valence-electron chi connectivity index (χ3n) is 2.84. The second-order valence-corrected chi connectivity index (χ2v) is 6.43. The normalized spacial score (nSPS) is 12.9. The highest BCUT2D eigenvalue weighted by Gasteiger charge is 2.39. The molecule has 0 bridgehead atoms. The van der Waals surface area contributed by atoms with E-state index >= 15 is 0 Å². The highest BCUT2D eigenvalue weighted by atomic mass is 31.2. The Morgan fingerprint density at radius 2 is 1.81 bits per heavy atom. The smallest absolute Gasteiger partial charge is 0.354 e. The van der Waals surface area contributed by atoms with Crippen molar-refractivity contribution in [1.29, 1.82) is 0 Å². The summed E-state index contributed by atoms with van der Waals surface area (Å²) in [5, 5.41) is 11.5. The van der Waals surface area contributed by atoms with Gasteiger partial charge in [0.05, 0.1) is 6.54 Å². The summed E-state index contributed by atoms with van der Waals surface area (Å²) >= 11 is 0. The molecule has 0 radical (unpaired) electrons. The highest BCUT2D eigenvalue weighted by Crippen LogP contribution is 2.50. The molecule has 0 heterocycles. The Labute approximate surface area is 122 Å². The van der Waals surface area contributed by atoms with Crippen molar-refractivity contribution >= 4 is 19.2 Å². The minimum absolute atomic E-state index is 0.239. The van der Waals surface area contributed by atoms with Gasteiger partial charge in [-0.05, 0) is 0 Å². The van der Waals surface area contributed by atoms with E-state index in [9.17, 15) is 14.2 Å². The lowest BCUT2D eigenvalue weighted by molar-refractivity contribution is -0.122. The Morgan fingerprint density at radius 3 is 2.29 bits per heavy atom. The Balaban J connectivity index is 2.82. The monoisotopic (exact) mass is 315 g/mol. The molecule has 0 spiro atoms. The van der Waals surface area contributed by atoms with Crippen molar-refractivity contribution in [2.24, 2.45) is 0 Å². The molecule has 1 aromatic carbocycles. The number of carbonyl (C=O) groups excluding carboxylic acids is 2. The second kappa shape index (κ2) is 8.17. The molecule has 0 aliphatic heterocycles. The van der Waals surface area contributed by atoms with Gasteiger partial charge in [-0.15, -0.1) is 0 Å². The molecule has 1 rings (SSSR count). The summed E-state index contributed by atoms with van der Waals surface area (Å²) < 4.78 is 21.7. The van der Waals surface area contributed by atoms with Crippen LogP contribution in [0.5, 0.6) is 0 Å². The number of aliphatic hydroxyl groups is 1. The van der Waals surface area contributed by atoms with Gasteiger partial charge in [0.25, 0.3) is 0 Å². The third-order valence-corrected chi connectivity index (χ3v) is 4.96. The van der Waals surface area contributed by atoms with Crippen LogP contribution in [0.3, 0.4) is 0 Å². The summed E-state index contributed by atoms with van der Waals surface area (Å²) in [5.41, 5.74) is 0.449. The summed E-state index contributed by atoms with van der Waals surface area (Å²) in [6.07, 6.45) is 0. The minimum atomic E-state index is -3.78. The van der Waals surface area contributed by atoms with Crippen molar-refractivity contribution in [3.05, 3.63) is 35.9 Å². The maximum atomic E-state index is 12.3. The van der Waals surface area contributed by atoms with Gasteiger partial charge in [-0.25, -0.2) is 0 Å². The van der Waals surface area contributed by atoms with E-state index in [-0.39, 0.29) is 12.3 Å². The summed E-state index contributed by atoms with van der Waals surface area (Å²) in [6.45, 7) is -1.08. The Kier molecular flexibility index (Phi) is 6.87. The number of hydrogen-bond acceptors (Lipinski definition) is 7. The lowest BCUT2D eigenvalue weighted by Gasteiger charge is -2.23. The number of rotatable bonds is 9. The van der Waals surface area contributed by atoms with Gasteiger partial charge in [0.1, 0.15) is 6.61 Å². The molecule has 8 heteroatoms. The van der Waals surface area contributed by atoms with E-state index in [1.807, 2.05) is 0 Å². The first kappa shape index (κ1) is 17.7. The molecule has 0 amide bonds. The molecule has 0 aromatic heterocycles. The van der Waals surface area contributed by atoms with Crippen LogP contribution in [0.15, 0.2) is 30.3 Å². The maximum Gasteiger partial charge on any atom is 0.354 e. The first-order valence-corrected chi connectivity index (χ1v) is 7.76. The predicted molar refractivity (Wildman–Crippen MR) is 76.3 cm³/mol. The lowest BCUT2D eigenvalue weighted by atomic mass is 10.1. The van der Waals surface area contributed by atoms with Crippen molar-refractivity contribution in [1.82, 2.24) is 5.32 Å². The van der Waals surface area contributed by atoms with Crippen molar-refractivity contribution in [3.8, 4) is 0 Å². The molecular weight excluding hydrogens is 297 g/mol. The average molecular weight is 315 g/mol. The number of carbonyl (C=O) groups is 2. The van der Waals surface area contributed by atoms with Gasteiger partial charge in [0.15, 0.2) is 17.3 Å². The number of aliphatic hydroxyl groups excluding tert-OH is 1. The number of hydrogen-bond donors (Lipinski definition) is 2. The van der Waals surface area contributed by atoms with Gasteiger partial charge in [0.2, 0.25) is 0 Å². The number of Topliss-reactive ketones (excluding diaryl/α,β-unsaturated/α-hetero) is 2. The second-order valence-electron chi connectivity index (χ2n) is 4.10. The van der Waals surface area contributed by atoms with E-state index < -0.39 is 25.8 Å². The topological polar surface area (TPSA) is 102 Å². The molecule has 0 aliphatic rings. The van der Waals surface area contributed by atoms with Crippen LogP contribution in [-0.2, 0) is 18.4 Å². The summed E-state index contributed by atoms with van der Waals surface area (Å²) in [4.78, 5) is 23.6. The van der Waals surface area contributed by atoms with E-state index in [0.717, 1.165) is 14.2 Å². The van der Waals surface area contributed by atoms with Crippen LogP contribution in [0.2, 0.25) is 0 Å². The predicted octanol–water partition coefficient (Wildman–Crippen LogP) is 0.832. The van der Waals surface area contributed by atoms with Crippen molar-refractivity contribution in [2.75, 3.05) is 27.4 Å². The average Bonchev–Trinajstić information content (AvgIpc) is 2.54. The zero-order valence-electron chi connectivity index (χ0n) is 11.8. The lowest BCUT2D eigenvalue weighted by Crippen LogP contribution is -2.41. The van der Waals surface area contributed by atoms with Crippen LogP contribution >= 0.6 is 7.60 Å². The molecule has 2 N–H and O–H groups in total. The Bertz CT molecular complexity index is 525. The van der Waals surface area contributed by atoms with Crippen LogP contribution in [-0.4, -0.2) is 49.8 Å².